The molecule has 0 fully saturated rings. The predicted molar refractivity (Wildman–Crippen MR) is 102 cm³/mol. The Hall–Kier alpha value is -2.51. The Labute approximate surface area is 159 Å². The molecule has 3 rings (SSSR count). The number of nitrogens with one attached hydrogen (secondary N) is 2. The highest BCUT2D eigenvalue weighted by molar-refractivity contribution is 7.71. The number of rotatable bonds is 6. The van der Waals surface area contributed by atoms with Gasteiger partial charge in [-0.05, 0) is 42.0 Å². The highest BCUT2D eigenvalue weighted by Crippen LogP contribution is 2.24. The summed E-state index contributed by atoms with van der Waals surface area (Å²) in [5.41, 5.74) is 2.09. The fourth-order valence-corrected chi connectivity index (χ4v) is 2.92. The zero-order valence-electron chi connectivity index (χ0n) is 13.7. The molecule has 0 atom stereocenters. The molecule has 1 heterocycles. The van der Waals surface area contributed by atoms with Crippen LogP contribution < -0.4 is 5.32 Å². The lowest BCUT2D eigenvalue weighted by atomic mass is 10.1. The first-order valence-corrected chi connectivity index (χ1v) is 8.72. The van der Waals surface area contributed by atoms with Gasteiger partial charge in [0.05, 0.1) is 11.6 Å². The van der Waals surface area contributed by atoms with Crippen molar-refractivity contribution in [2.45, 2.75) is 6.54 Å². The van der Waals surface area contributed by atoms with Crippen LogP contribution >= 0.6 is 23.8 Å². The van der Waals surface area contributed by atoms with E-state index in [4.69, 9.17) is 23.8 Å². The van der Waals surface area contributed by atoms with Gasteiger partial charge in [-0.15, -0.1) is 0 Å². The standard InChI is InChI=1S/C18H16ClFN4OS/c19-15-7-2-1-6-14(15)16-22-18(26)24(23-16)11-12-4-3-5-13(10-12)17(25)21-9-8-20/h1-7,10H,8-9,11H2,(H,21,25)(H,22,23,26). The molecule has 2 aromatic carbocycles. The summed E-state index contributed by atoms with van der Waals surface area (Å²) in [6.07, 6.45) is 0. The van der Waals surface area contributed by atoms with Gasteiger partial charge >= 0.3 is 0 Å². The van der Waals surface area contributed by atoms with Crippen molar-refractivity contribution < 1.29 is 9.18 Å². The molecule has 1 amide bonds. The number of aromatic nitrogens is 3. The Balaban J connectivity index is 1.83. The van der Waals surface area contributed by atoms with Crippen LogP contribution in [0.4, 0.5) is 4.39 Å². The number of benzene rings is 2. The van der Waals surface area contributed by atoms with Gasteiger partial charge in [0.2, 0.25) is 4.77 Å². The molecule has 5 nitrogen and oxygen atoms in total. The molecule has 0 saturated heterocycles. The van der Waals surface area contributed by atoms with Gasteiger partial charge in [0.1, 0.15) is 6.67 Å². The van der Waals surface area contributed by atoms with Crippen molar-refractivity contribution in [3.63, 3.8) is 0 Å². The topological polar surface area (TPSA) is 62.7 Å². The van der Waals surface area contributed by atoms with E-state index in [1.807, 2.05) is 24.3 Å². The summed E-state index contributed by atoms with van der Waals surface area (Å²) >= 11 is 11.5. The Morgan fingerprint density at radius 1 is 1.27 bits per heavy atom. The van der Waals surface area contributed by atoms with E-state index < -0.39 is 6.67 Å². The zero-order chi connectivity index (χ0) is 18.5. The number of H-pyrrole nitrogens is 1. The molecular weight excluding hydrogens is 375 g/mol. The normalized spacial score (nSPS) is 10.7. The average molecular weight is 391 g/mol. The number of carbonyl (C=O) groups excluding carboxylic acids is 1. The second-order valence-corrected chi connectivity index (χ2v) is 6.34. The summed E-state index contributed by atoms with van der Waals surface area (Å²) in [7, 11) is 0. The number of hydrogen-bond acceptors (Lipinski definition) is 3. The lowest BCUT2D eigenvalue weighted by Gasteiger charge is -2.07. The molecule has 134 valence electrons. The third-order valence-corrected chi connectivity index (χ3v) is 4.36. The first-order valence-electron chi connectivity index (χ1n) is 7.93. The molecule has 2 N–H and O–H groups in total. The van der Waals surface area contributed by atoms with Crippen molar-refractivity contribution in [2.75, 3.05) is 13.2 Å². The molecule has 0 bridgehead atoms. The molecule has 0 unspecified atom stereocenters. The largest absolute Gasteiger partial charge is 0.349 e. The van der Waals surface area contributed by atoms with Crippen molar-refractivity contribution in [1.29, 1.82) is 0 Å². The molecule has 0 aliphatic rings. The van der Waals surface area contributed by atoms with Gasteiger partial charge in [0.15, 0.2) is 5.82 Å². The van der Waals surface area contributed by atoms with Gasteiger partial charge in [-0.2, -0.15) is 4.98 Å². The number of alkyl halides is 1. The highest BCUT2D eigenvalue weighted by atomic mass is 35.5. The summed E-state index contributed by atoms with van der Waals surface area (Å²) in [6.45, 7) is -0.185. The van der Waals surface area contributed by atoms with Crippen molar-refractivity contribution in [3.8, 4) is 11.4 Å². The van der Waals surface area contributed by atoms with Crippen LogP contribution in [0, 0.1) is 4.77 Å². The Morgan fingerprint density at radius 3 is 2.85 bits per heavy atom. The highest BCUT2D eigenvalue weighted by Gasteiger charge is 2.10. The van der Waals surface area contributed by atoms with Crippen LogP contribution in [0.2, 0.25) is 5.02 Å². The summed E-state index contributed by atoms with van der Waals surface area (Å²) in [4.78, 5) is 16.3. The number of halogens is 2. The Bertz CT molecular complexity index is 985. The van der Waals surface area contributed by atoms with Crippen molar-refractivity contribution in [1.82, 2.24) is 20.1 Å². The fourth-order valence-electron chi connectivity index (χ4n) is 2.49. The summed E-state index contributed by atoms with van der Waals surface area (Å²) in [6, 6.07) is 14.4. The van der Waals surface area contributed by atoms with E-state index >= 15 is 0 Å². The van der Waals surface area contributed by atoms with Gasteiger partial charge in [0.25, 0.3) is 5.91 Å². The summed E-state index contributed by atoms with van der Waals surface area (Å²) < 4.78 is 14.3. The monoisotopic (exact) mass is 390 g/mol. The van der Waals surface area contributed by atoms with E-state index in [1.165, 1.54) is 0 Å². The third-order valence-electron chi connectivity index (χ3n) is 3.72. The van der Waals surface area contributed by atoms with E-state index in [0.29, 0.717) is 27.7 Å². The van der Waals surface area contributed by atoms with Crippen LogP contribution in [0.3, 0.4) is 0 Å². The Kier molecular flexibility index (Phi) is 5.80. The van der Waals surface area contributed by atoms with Gasteiger partial charge < -0.3 is 5.32 Å². The first-order chi connectivity index (χ1) is 12.6. The maximum atomic E-state index is 12.2. The minimum absolute atomic E-state index is 0.00410. The third kappa shape index (κ3) is 4.17. The van der Waals surface area contributed by atoms with Crippen LogP contribution in [0.1, 0.15) is 15.9 Å². The Morgan fingerprint density at radius 2 is 2.08 bits per heavy atom. The second-order valence-electron chi connectivity index (χ2n) is 5.57. The van der Waals surface area contributed by atoms with E-state index in [-0.39, 0.29) is 12.5 Å². The van der Waals surface area contributed by atoms with E-state index in [9.17, 15) is 9.18 Å². The van der Waals surface area contributed by atoms with Crippen LogP contribution in [0.5, 0.6) is 0 Å². The molecular formula is C18H16ClFN4OS. The minimum Gasteiger partial charge on any atom is -0.349 e. The number of hydrogen-bond donors (Lipinski definition) is 2. The summed E-state index contributed by atoms with van der Waals surface area (Å²) in [5, 5.41) is 6.22. The van der Waals surface area contributed by atoms with Crippen LogP contribution in [-0.2, 0) is 6.54 Å². The predicted octanol–water partition coefficient (Wildman–Crippen LogP) is 4.01. The molecule has 0 saturated carbocycles. The number of aromatic amines is 1. The van der Waals surface area contributed by atoms with Gasteiger partial charge in [-0.1, -0.05) is 35.9 Å². The maximum Gasteiger partial charge on any atom is 0.251 e. The number of amides is 1. The molecule has 3 aromatic rings. The zero-order valence-corrected chi connectivity index (χ0v) is 15.3. The smallest absolute Gasteiger partial charge is 0.251 e. The van der Waals surface area contributed by atoms with Crippen molar-refractivity contribution in [2.24, 2.45) is 0 Å². The van der Waals surface area contributed by atoms with Crippen molar-refractivity contribution >= 4 is 29.7 Å². The molecule has 0 spiro atoms. The lowest BCUT2D eigenvalue weighted by Crippen LogP contribution is -2.25. The van der Waals surface area contributed by atoms with Crippen LogP contribution in [-0.4, -0.2) is 33.9 Å². The van der Waals surface area contributed by atoms with Gasteiger partial charge in [0, 0.05) is 17.7 Å². The van der Waals surface area contributed by atoms with E-state index in [0.717, 1.165) is 11.1 Å². The van der Waals surface area contributed by atoms with Crippen LogP contribution in [0.15, 0.2) is 48.5 Å². The number of nitrogens with zero attached hydrogens (tertiary/aromatic N) is 2. The van der Waals surface area contributed by atoms with Crippen molar-refractivity contribution in [3.05, 3.63) is 69.5 Å². The minimum atomic E-state index is -0.598. The molecule has 0 radical (unpaired) electrons. The van der Waals surface area contributed by atoms with Crippen LogP contribution in [0.25, 0.3) is 11.4 Å². The first kappa shape index (κ1) is 18.3. The maximum absolute atomic E-state index is 12.2. The quantitative estimate of drug-likeness (QED) is 0.625. The molecule has 1 aromatic heterocycles. The molecule has 8 heteroatoms. The second kappa shape index (κ2) is 8.25. The van der Waals surface area contributed by atoms with E-state index in [2.05, 4.69) is 15.4 Å². The molecule has 0 aliphatic carbocycles. The SMILES string of the molecule is O=C(NCCF)c1cccc(Cn2[nH]c(-c3ccccc3Cl)nc2=S)c1. The molecule has 26 heavy (non-hydrogen) atoms. The average Bonchev–Trinajstić information content (AvgIpc) is 3.00. The lowest BCUT2D eigenvalue weighted by molar-refractivity contribution is 0.0950. The van der Waals surface area contributed by atoms with E-state index in [1.54, 1.807) is 28.9 Å². The fraction of sp³-hybridized carbons (Fsp3) is 0.167. The van der Waals surface area contributed by atoms with Gasteiger partial charge in [-0.3, -0.25) is 14.6 Å². The number of carbonyl (C=O) groups is 1. The summed E-state index contributed by atoms with van der Waals surface area (Å²) in [5.74, 6) is 0.270. The molecule has 0 aliphatic heterocycles. The van der Waals surface area contributed by atoms with Gasteiger partial charge in [-0.25, -0.2) is 4.39 Å².